The zero-order valence-electron chi connectivity index (χ0n) is 9.69. The van der Waals surface area contributed by atoms with Crippen LogP contribution in [-0.4, -0.2) is 22.2 Å². The Morgan fingerprint density at radius 2 is 1.81 bits per heavy atom. The topological polar surface area (TPSA) is 74.6 Å². The minimum atomic E-state index is -0.866. The Balaban J connectivity index is 3.98. The lowest BCUT2D eigenvalue weighted by molar-refractivity contribution is -0.144. The molecule has 0 aromatic carbocycles. The van der Waals surface area contributed by atoms with Crippen molar-refractivity contribution in [1.82, 2.24) is 0 Å². The van der Waals surface area contributed by atoms with E-state index < -0.39 is 23.8 Å². The zero-order chi connectivity index (χ0) is 12.6. The molecule has 0 aromatic heterocycles. The Bertz CT molecular complexity index is 247. The van der Waals surface area contributed by atoms with E-state index in [2.05, 4.69) is 6.58 Å². The summed E-state index contributed by atoms with van der Waals surface area (Å²) in [6.07, 6.45) is 4.80. The van der Waals surface area contributed by atoms with Crippen LogP contribution in [0.15, 0.2) is 12.7 Å². The maximum Gasteiger partial charge on any atom is 0.306 e. The van der Waals surface area contributed by atoms with Crippen molar-refractivity contribution in [2.24, 2.45) is 11.8 Å². The Morgan fingerprint density at radius 1 is 1.19 bits per heavy atom. The second-order valence-electron chi connectivity index (χ2n) is 4.07. The lowest BCUT2D eigenvalue weighted by Crippen LogP contribution is -2.17. The van der Waals surface area contributed by atoms with Gasteiger partial charge in [0, 0.05) is 0 Å². The molecule has 4 heteroatoms. The second-order valence-corrected chi connectivity index (χ2v) is 4.07. The first kappa shape index (κ1) is 14.7. The van der Waals surface area contributed by atoms with Crippen molar-refractivity contribution in [3.63, 3.8) is 0 Å². The molecule has 0 aliphatic rings. The molecule has 0 bridgehead atoms. The molecule has 0 amide bonds. The number of carbonyl (C=O) groups is 2. The molecule has 0 rings (SSSR count). The SMILES string of the molecule is C=CCCCC(CCC(C)C(=O)O)C(=O)O. The van der Waals surface area contributed by atoms with E-state index in [1.54, 1.807) is 13.0 Å². The number of hydrogen-bond donors (Lipinski definition) is 2. The molecule has 0 aliphatic carbocycles. The van der Waals surface area contributed by atoms with Gasteiger partial charge in [-0.2, -0.15) is 0 Å². The first-order chi connectivity index (χ1) is 7.49. The highest BCUT2D eigenvalue weighted by Crippen LogP contribution is 2.18. The van der Waals surface area contributed by atoms with E-state index in [9.17, 15) is 9.59 Å². The van der Waals surface area contributed by atoms with Crippen LogP contribution in [0.3, 0.4) is 0 Å². The minimum absolute atomic E-state index is 0.417. The van der Waals surface area contributed by atoms with Gasteiger partial charge in [-0.3, -0.25) is 9.59 Å². The fourth-order valence-electron chi connectivity index (χ4n) is 1.47. The van der Waals surface area contributed by atoms with E-state index in [0.29, 0.717) is 19.3 Å². The maximum atomic E-state index is 10.9. The third kappa shape index (κ3) is 6.22. The molecule has 0 spiro atoms. The summed E-state index contributed by atoms with van der Waals surface area (Å²) in [5.41, 5.74) is 0. The predicted octanol–water partition coefficient (Wildman–Crippen LogP) is 2.54. The molecule has 0 aromatic rings. The van der Waals surface area contributed by atoms with Gasteiger partial charge < -0.3 is 10.2 Å². The number of unbranched alkanes of at least 4 members (excludes halogenated alkanes) is 1. The Labute approximate surface area is 96.0 Å². The monoisotopic (exact) mass is 228 g/mol. The van der Waals surface area contributed by atoms with Gasteiger partial charge in [0.25, 0.3) is 0 Å². The second kappa shape index (κ2) is 7.91. The summed E-state index contributed by atoms with van der Waals surface area (Å²) in [5, 5.41) is 17.6. The van der Waals surface area contributed by atoms with Crippen LogP contribution in [0.2, 0.25) is 0 Å². The Kier molecular flexibility index (Phi) is 7.25. The van der Waals surface area contributed by atoms with Crippen LogP contribution in [0.1, 0.15) is 39.0 Å². The Morgan fingerprint density at radius 3 is 2.25 bits per heavy atom. The molecule has 0 heterocycles. The summed E-state index contributed by atoms with van der Waals surface area (Å²) in [4.78, 5) is 21.5. The number of aliphatic carboxylic acids is 2. The summed E-state index contributed by atoms with van der Waals surface area (Å²) in [5.74, 6) is -2.60. The first-order valence-corrected chi connectivity index (χ1v) is 5.55. The molecule has 2 N–H and O–H groups in total. The highest BCUT2D eigenvalue weighted by molar-refractivity contribution is 5.71. The van der Waals surface area contributed by atoms with Gasteiger partial charge in [-0.25, -0.2) is 0 Å². The van der Waals surface area contributed by atoms with Gasteiger partial charge in [0.05, 0.1) is 11.8 Å². The molecule has 92 valence electrons. The third-order valence-electron chi connectivity index (χ3n) is 2.68. The summed E-state index contributed by atoms with van der Waals surface area (Å²) >= 11 is 0. The molecule has 0 saturated heterocycles. The van der Waals surface area contributed by atoms with Crippen LogP contribution in [0.5, 0.6) is 0 Å². The molecule has 4 nitrogen and oxygen atoms in total. The number of carboxylic acid groups (broad SMARTS) is 2. The summed E-state index contributed by atoms with van der Waals surface area (Å²) in [6, 6.07) is 0. The van der Waals surface area contributed by atoms with Crippen molar-refractivity contribution >= 4 is 11.9 Å². The van der Waals surface area contributed by atoms with Crippen molar-refractivity contribution in [3.8, 4) is 0 Å². The summed E-state index contributed by atoms with van der Waals surface area (Å²) in [7, 11) is 0. The van der Waals surface area contributed by atoms with E-state index in [1.807, 2.05) is 0 Å². The van der Waals surface area contributed by atoms with E-state index in [-0.39, 0.29) is 0 Å². The standard InChI is InChI=1S/C12H20O4/c1-3-4-5-6-10(12(15)16)8-7-9(2)11(13)14/h3,9-10H,1,4-8H2,2H3,(H,13,14)(H,15,16). The molecular weight excluding hydrogens is 208 g/mol. The van der Waals surface area contributed by atoms with Crippen LogP contribution in [-0.2, 0) is 9.59 Å². The number of carboxylic acids is 2. The summed E-state index contributed by atoms with van der Waals surface area (Å²) < 4.78 is 0. The van der Waals surface area contributed by atoms with Crippen LogP contribution in [0, 0.1) is 11.8 Å². The highest BCUT2D eigenvalue weighted by Gasteiger charge is 2.19. The maximum absolute atomic E-state index is 10.9. The molecule has 2 atom stereocenters. The van der Waals surface area contributed by atoms with Crippen LogP contribution >= 0.6 is 0 Å². The molecule has 2 unspecified atom stereocenters. The summed E-state index contributed by atoms with van der Waals surface area (Å²) in [6.45, 7) is 5.18. The van der Waals surface area contributed by atoms with Crippen molar-refractivity contribution in [2.75, 3.05) is 0 Å². The largest absolute Gasteiger partial charge is 0.481 e. The van der Waals surface area contributed by atoms with Gasteiger partial charge >= 0.3 is 11.9 Å². The van der Waals surface area contributed by atoms with Crippen LogP contribution < -0.4 is 0 Å². The molecule has 0 fully saturated rings. The Hall–Kier alpha value is -1.32. The fraction of sp³-hybridized carbons (Fsp3) is 0.667. The lowest BCUT2D eigenvalue weighted by Gasteiger charge is -2.13. The number of hydrogen-bond acceptors (Lipinski definition) is 2. The van der Waals surface area contributed by atoms with Gasteiger partial charge in [0.1, 0.15) is 0 Å². The average molecular weight is 228 g/mol. The highest BCUT2D eigenvalue weighted by atomic mass is 16.4. The quantitative estimate of drug-likeness (QED) is 0.469. The van der Waals surface area contributed by atoms with Crippen molar-refractivity contribution in [2.45, 2.75) is 39.0 Å². The van der Waals surface area contributed by atoms with Gasteiger partial charge in [0.2, 0.25) is 0 Å². The predicted molar refractivity (Wildman–Crippen MR) is 61.2 cm³/mol. The van der Waals surface area contributed by atoms with Crippen LogP contribution in [0.25, 0.3) is 0 Å². The number of allylic oxidation sites excluding steroid dienone is 1. The smallest absolute Gasteiger partial charge is 0.306 e. The van der Waals surface area contributed by atoms with Gasteiger partial charge in [-0.05, 0) is 32.1 Å². The third-order valence-corrected chi connectivity index (χ3v) is 2.68. The van der Waals surface area contributed by atoms with E-state index in [4.69, 9.17) is 10.2 Å². The zero-order valence-corrected chi connectivity index (χ0v) is 9.69. The van der Waals surface area contributed by atoms with Crippen molar-refractivity contribution in [3.05, 3.63) is 12.7 Å². The lowest BCUT2D eigenvalue weighted by atomic mass is 9.93. The molecular formula is C12H20O4. The van der Waals surface area contributed by atoms with Gasteiger partial charge in [-0.1, -0.05) is 13.0 Å². The molecule has 16 heavy (non-hydrogen) atoms. The normalized spacial score (nSPS) is 14.1. The number of rotatable bonds is 9. The van der Waals surface area contributed by atoms with E-state index in [0.717, 1.165) is 12.8 Å². The minimum Gasteiger partial charge on any atom is -0.481 e. The van der Waals surface area contributed by atoms with Crippen molar-refractivity contribution < 1.29 is 19.8 Å². The van der Waals surface area contributed by atoms with E-state index in [1.165, 1.54) is 0 Å². The van der Waals surface area contributed by atoms with Gasteiger partial charge in [-0.15, -0.1) is 6.58 Å². The molecule has 0 radical (unpaired) electrons. The molecule has 0 saturated carbocycles. The average Bonchev–Trinajstić information content (AvgIpc) is 2.21. The van der Waals surface area contributed by atoms with Crippen LogP contribution in [0.4, 0.5) is 0 Å². The fourth-order valence-corrected chi connectivity index (χ4v) is 1.47. The molecule has 0 aliphatic heterocycles. The van der Waals surface area contributed by atoms with Crippen molar-refractivity contribution in [1.29, 1.82) is 0 Å². The first-order valence-electron chi connectivity index (χ1n) is 5.55. The van der Waals surface area contributed by atoms with E-state index >= 15 is 0 Å². The van der Waals surface area contributed by atoms with Gasteiger partial charge in [0.15, 0.2) is 0 Å².